The van der Waals surface area contributed by atoms with Crippen LogP contribution in [-0.4, -0.2) is 20.3 Å². The first kappa shape index (κ1) is 17.2. The minimum atomic E-state index is -0.600. The van der Waals surface area contributed by atoms with Gasteiger partial charge in [0.2, 0.25) is 5.91 Å². The maximum atomic E-state index is 13.6. The Morgan fingerprint density at radius 1 is 1.39 bits per heavy atom. The van der Waals surface area contributed by atoms with E-state index in [9.17, 15) is 14.0 Å². The number of benzene rings is 1. The van der Waals surface area contributed by atoms with Crippen LogP contribution >= 0.6 is 11.6 Å². The number of amides is 1. The van der Waals surface area contributed by atoms with Crippen LogP contribution in [0.2, 0.25) is 5.02 Å². The summed E-state index contributed by atoms with van der Waals surface area (Å²) in [6.45, 7) is 6.90. The zero-order chi connectivity index (χ0) is 17.4. The molecule has 0 fully saturated rings. The molecule has 23 heavy (non-hydrogen) atoms. The standard InChI is InChI=1S/C15H18ClFN4O2/c1-9-19-21(15(2,3)4)14(23)20(9)8-13(22)18-12-7-10(16)5-6-11(12)17/h5-7H,8H2,1-4H3,(H,18,22). The van der Waals surface area contributed by atoms with Crippen molar-refractivity contribution in [1.29, 1.82) is 0 Å². The van der Waals surface area contributed by atoms with E-state index in [1.54, 1.807) is 6.92 Å². The molecule has 6 nitrogen and oxygen atoms in total. The average molecular weight is 341 g/mol. The van der Waals surface area contributed by atoms with Crippen LogP contribution in [0.3, 0.4) is 0 Å². The van der Waals surface area contributed by atoms with Gasteiger partial charge in [-0.05, 0) is 45.9 Å². The molecule has 1 heterocycles. The monoisotopic (exact) mass is 340 g/mol. The molecule has 0 aliphatic rings. The van der Waals surface area contributed by atoms with Crippen molar-refractivity contribution in [3.05, 3.63) is 45.3 Å². The maximum absolute atomic E-state index is 13.6. The molecule has 1 amide bonds. The van der Waals surface area contributed by atoms with Crippen LogP contribution in [-0.2, 0) is 16.9 Å². The van der Waals surface area contributed by atoms with E-state index in [2.05, 4.69) is 10.4 Å². The zero-order valence-corrected chi connectivity index (χ0v) is 14.1. The zero-order valence-electron chi connectivity index (χ0n) is 13.4. The molecule has 0 saturated heterocycles. The summed E-state index contributed by atoms with van der Waals surface area (Å²) in [7, 11) is 0. The Morgan fingerprint density at radius 2 is 2.04 bits per heavy atom. The van der Waals surface area contributed by atoms with Gasteiger partial charge in [-0.2, -0.15) is 5.10 Å². The van der Waals surface area contributed by atoms with Crippen LogP contribution in [0.15, 0.2) is 23.0 Å². The molecule has 2 rings (SSSR count). The highest BCUT2D eigenvalue weighted by molar-refractivity contribution is 6.30. The quantitative estimate of drug-likeness (QED) is 0.933. The third-order valence-electron chi connectivity index (χ3n) is 3.19. The Morgan fingerprint density at radius 3 is 2.61 bits per heavy atom. The van der Waals surface area contributed by atoms with Crippen LogP contribution in [0.1, 0.15) is 26.6 Å². The molecule has 1 aromatic carbocycles. The van der Waals surface area contributed by atoms with Crippen LogP contribution in [0.25, 0.3) is 0 Å². The van der Waals surface area contributed by atoms with Gasteiger partial charge >= 0.3 is 5.69 Å². The van der Waals surface area contributed by atoms with Crippen LogP contribution in [0.5, 0.6) is 0 Å². The third-order valence-corrected chi connectivity index (χ3v) is 3.42. The summed E-state index contributed by atoms with van der Waals surface area (Å²) < 4.78 is 16.2. The smallest absolute Gasteiger partial charge is 0.322 e. The Bertz CT molecular complexity index is 805. The van der Waals surface area contributed by atoms with Gasteiger partial charge in [0, 0.05) is 5.02 Å². The van der Waals surface area contributed by atoms with Crippen molar-refractivity contribution in [2.45, 2.75) is 39.8 Å². The molecule has 1 N–H and O–H groups in total. The number of halogens is 2. The fourth-order valence-corrected chi connectivity index (χ4v) is 2.21. The normalized spacial score (nSPS) is 11.6. The second-order valence-electron chi connectivity index (χ2n) is 6.17. The first-order chi connectivity index (χ1) is 10.6. The molecule has 0 bridgehead atoms. The molecule has 1 aromatic heterocycles. The minimum absolute atomic E-state index is 0.0311. The Kier molecular flexibility index (Phi) is 4.61. The van der Waals surface area contributed by atoms with E-state index < -0.39 is 23.0 Å². The number of rotatable bonds is 3. The number of nitrogens with zero attached hydrogens (tertiary/aromatic N) is 3. The molecule has 2 aromatic rings. The number of nitrogens with one attached hydrogen (secondary N) is 1. The number of carbonyl (C=O) groups excluding carboxylic acids is 1. The molecule has 0 spiro atoms. The predicted octanol–water partition coefficient (Wildman–Crippen LogP) is 2.54. The van der Waals surface area contributed by atoms with E-state index in [4.69, 9.17) is 11.6 Å². The van der Waals surface area contributed by atoms with E-state index in [1.807, 2.05) is 20.8 Å². The van der Waals surface area contributed by atoms with Crippen molar-refractivity contribution in [2.24, 2.45) is 0 Å². The minimum Gasteiger partial charge on any atom is -0.322 e. The van der Waals surface area contributed by atoms with Gasteiger partial charge in [-0.1, -0.05) is 11.6 Å². The third kappa shape index (κ3) is 3.79. The Hall–Kier alpha value is -2.15. The fourth-order valence-electron chi connectivity index (χ4n) is 2.04. The molecule has 0 aliphatic heterocycles. The van der Waals surface area contributed by atoms with Crippen molar-refractivity contribution in [3.63, 3.8) is 0 Å². The summed E-state index contributed by atoms with van der Waals surface area (Å²) in [4.78, 5) is 24.4. The number of hydrogen-bond donors (Lipinski definition) is 1. The molecule has 0 atom stereocenters. The second-order valence-corrected chi connectivity index (χ2v) is 6.61. The van der Waals surface area contributed by atoms with Crippen molar-refractivity contribution in [3.8, 4) is 0 Å². The first-order valence-corrected chi connectivity index (χ1v) is 7.39. The SMILES string of the molecule is Cc1nn(C(C)(C)C)c(=O)n1CC(=O)Nc1cc(Cl)ccc1F. The largest absolute Gasteiger partial charge is 0.346 e. The predicted molar refractivity (Wildman–Crippen MR) is 86.3 cm³/mol. The topological polar surface area (TPSA) is 68.9 Å². The van der Waals surface area contributed by atoms with Gasteiger partial charge < -0.3 is 5.32 Å². The lowest BCUT2D eigenvalue weighted by Gasteiger charge is -2.16. The molecule has 0 aliphatic carbocycles. The van der Waals surface area contributed by atoms with Gasteiger partial charge in [0.1, 0.15) is 18.2 Å². The summed E-state index contributed by atoms with van der Waals surface area (Å²) in [5, 5.41) is 6.87. The molecule has 0 unspecified atom stereocenters. The summed E-state index contributed by atoms with van der Waals surface area (Å²) in [6.07, 6.45) is 0. The van der Waals surface area contributed by atoms with Crippen LogP contribution in [0.4, 0.5) is 10.1 Å². The molecule has 124 valence electrons. The number of aryl methyl sites for hydroxylation is 1. The van der Waals surface area contributed by atoms with Gasteiger partial charge in [0.15, 0.2) is 0 Å². The lowest BCUT2D eigenvalue weighted by Crippen LogP contribution is -2.37. The van der Waals surface area contributed by atoms with Gasteiger partial charge in [0.25, 0.3) is 0 Å². The van der Waals surface area contributed by atoms with E-state index in [1.165, 1.54) is 21.4 Å². The molecule has 8 heteroatoms. The number of carbonyl (C=O) groups is 1. The first-order valence-electron chi connectivity index (χ1n) is 7.01. The summed E-state index contributed by atoms with van der Waals surface area (Å²) in [5.41, 5.74) is -0.920. The van der Waals surface area contributed by atoms with Crippen molar-refractivity contribution >= 4 is 23.2 Å². The van der Waals surface area contributed by atoms with E-state index in [0.29, 0.717) is 10.8 Å². The summed E-state index contributed by atoms with van der Waals surface area (Å²) in [6, 6.07) is 3.85. The summed E-state index contributed by atoms with van der Waals surface area (Å²) in [5.74, 6) is -0.728. The highest BCUT2D eigenvalue weighted by Crippen LogP contribution is 2.19. The average Bonchev–Trinajstić information content (AvgIpc) is 2.71. The van der Waals surface area contributed by atoms with Gasteiger partial charge in [-0.15, -0.1) is 0 Å². The van der Waals surface area contributed by atoms with E-state index >= 15 is 0 Å². The highest BCUT2D eigenvalue weighted by Gasteiger charge is 2.22. The van der Waals surface area contributed by atoms with Gasteiger partial charge in [-0.25, -0.2) is 13.9 Å². The summed E-state index contributed by atoms with van der Waals surface area (Å²) >= 11 is 5.78. The Labute approximate surface area is 137 Å². The van der Waals surface area contributed by atoms with E-state index in [-0.39, 0.29) is 12.2 Å². The number of aromatic nitrogens is 3. The molecule has 0 radical (unpaired) electrons. The number of hydrogen-bond acceptors (Lipinski definition) is 3. The lowest BCUT2D eigenvalue weighted by atomic mass is 10.1. The van der Waals surface area contributed by atoms with Crippen molar-refractivity contribution < 1.29 is 9.18 Å². The van der Waals surface area contributed by atoms with Crippen LogP contribution in [0, 0.1) is 12.7 Å². The second kappa shape index (κ2) is 6.16. The Balaban J connectivity index is 2.23. The van der Waals surface area contributed by atoms with Gasteiger partial charge in [0.05, 0.1) is 11.2 Å². The maximum Gasteiger partial charge on any atom is 0.346 e. The van der Waals surface area contributed by atoms with E-state index in [0.717, 1.165) is 6.07 Å². The molecular weight excluding hydrogens is 323 g/mol. The van der Waals surface area contributed by atoms with Crippen molar-refractivity contribution in [2.75, 3.05) is 5.32 Å². The van der Waals surface area contributed by atoms with Crippen molar-refractivity contribution in [1.82, 2.24) is 14.3 Å². The van der Waals surface area contributed by atoms with Gasteiger partial charge in [-0.3, -0.25) is 9.36 Å². The highest BCUT2D eigenvalue weighted by atomic mass is 35.5. The molecular formula is C15H18ClFN4O2. The van der Waals surface area contributed by atoms with Crippen LogP contribution < -0.4 is 11.0 Å². The fraction of sp³-hybridized carbons (Fsp3) is 0.400. The lowest BCUT2D eigenvalue weighted by molar-refractivity contribution is -0.116. The molecule has 0 saturated carbocycles. The number of anilines is 1.